The molecular weight excluding hydrogens is 210 g/mol. The van der Waals surface area contributed by atoms with E-state index in [9.17, 15) is 0 Å². The fraction of sp³-hybridized carbons (Fsp3) is 0.600. The van der Waals surface area contributed by atoms with Gasteiger partial charge in [0.05, 0.1) is 6.61 Å². The molecule has 0 aromatic carbocycles. The number of rotatable bonds is 5. The zero-order chi connectivity index (χ0) is 11.3. The van der Waals surface area contributed by atoms with Crippen molar-refractivity contribution in [3.8, 4) is 0 Å². The Morgan fingerprint density at radius 2 is 2.20 bits per heavy atom. The lowest BCUT2D eigenvalue weighted by atomic mass is 10.2. The van der Waals surface area contributed by atoms with Crippen LogP contribution in [0.2, 0.25) is 0 Å². The monoisotopic (exact) mass is 227 g/mol. The van der Waals surface area contributed by atoms with Crippen molar-refractivity contribution < 1.29 is 5.11 Å². The second-order valence-corrected chi connectivity index (χ2v) is 4.54. The predicted octanol–water partition coefficient (Wildman–Crippen LogP) is 1.73. The van der Waals surface area contributed by atoms with Gasteiger partial charge in [0.15, 0.2) is 0 Å². The molecule has 15 heavy (non-hydrogen) atoms. The molecule has 1 aromatic heterocycles. The summed E-state index contributed by atoms with van der Waals surface area (Å²) in [6.45, 7) is 4.30. The van der Waals surface area contributed by atoms with E-state index in [0.29, 0.717) is 11.7 Å². The fourth-order valence-corrected chi connectivity index (χ4v) is 1.71. The number of anilines is 1. The lowest BCUT2D eigenvalue weighted by Crippen LogP contribution is -2.03. The van der Waals surface area contributed by atoms with Gasteiger partial charge in [0.2, 0.25) is 0 Å². The van der Waals surface area contributed by atoms with Crippen LogP contribution in [0.4, 0.5) is 5.82 Å². The molecule has 0 spiro atoms. The zero-order valence-corrected chi connectivity index (χ0v) is 10.1. The Balaban J connectivity index is 2.90. The molecule has 84 valence electrons. The first-order valence-corrected chi connectivity index (χ1v) is 5.96. The molecule has 0 saturated carbocycles. The van der Waals surface area contributed by atoms with Crippen molar-refractivity contribution in [1.82, 2.24) is 9.97 Å². The molecule has 0 unspecified atom stereocenters. The lowest BCUT2D eigenvalue weighted by Gasteiger charge is -2.08. The molecule has 1 heterocycles. The SMILES string of the molecule is CNc1cc(SCCO)nc(C(C)C)n1. The van der Waals surface area contributed by atoms with Gasteiger partial charge in [0.25, 0.3) is 0 Å². The van der Waals surface area contributed by atoms with Crippen LogP contribution in [0.15, 0.2) is 11.1 Å². The highest BCUT2D eigenvalue weighted by Crippen LogP contribution is 2.20. The number of hydrogen-bond acceptors (Lipinski definition) is 5. The van der Waals surface area contributed by atoms with Gasteiger partial charge in [0, 0.05) is 24.8 Å². The van der Waals surface area contributed by atoms with E-state index < -0.39 is 0 Å². The number of nitrogens with one attached hydrogen (secondary N) is 1. The molecule has 5 heteroatoms. The summed E-state index contributed by atoms with van der Waals surface area (Å²) in [7, 11) is 1.84. The molecule has 4 nitrogen and oxygen atoms in total. The van der Waals surface area contributed by atoms with Crippen LogP contribution in [0.1, 0.15) is 25.6 Å². The van der Waals surface area contributed by atoms with Crippen LogP contribution in [-0.4, -0.2) is 34.5 Å². The van der Waals surface area contributed by atoms with Crippen LogP contribution >= 0.6 is 11.8 Å². The van der Waals surface area contributed by atoms with Gasteiger partial charge < -0.3 is 10.4 Å². The number of aliphatic hydroxyl groups excluding tert-OH is 1. The molecule has 0 aliphatic heterocycles. The highest BCUT2D eigenvalue weighted by molar-refractivity contribution is 7.99. The van der Waals surface area contributed by atoms with Crippen molar-refractivity contribution in [3.05, 3.63) is 11.9 Å². The second-order valence-electron chi connectivity index (χ2n) is 3.43. The summed E-state index contributed by atoms with van der Waals surface area (Å²) in [6, 6.07) is 1.90. The molecule has 0 atom stereocenters. The Hall–Kier alpha value is -0.810. The van der Waals surface area contributed by atoms with Crippen LogP contribution in [0, 0.1) is 0 Å². The van der Waals surface area contributed by atoms with Crippen LogP contribution in [0.25, 0.3) is 0 Å². The van der Waals surface area contributed by atoms with E-state index >= 15 is 0 Å². The topological polar surface area (TPSA) is 58.0 Å². The van der Waals surface area contributed by atoms with Gasteiger partial charge in [-0.15, -0.1) is 11.8 Å². The Kier molecular flexibility index (Phi) is 4.84. The van der Waals surface area contributed by atoms with Crippen LogP contribution < -0.4 is 5.32 Å². The molecule has 2 N–H and O–H groups in total. The predicted molar refractivity (Wildman–Crippen MR) is 63.5 cm³/mol. The highest BCUT2D eigenvalue weighted by atomic mass is 32.2. The van der Waals surface area contributed by atoms with Crippen molar-refractivity contribution >= 4 is 17.6 Å². The van der Waals surface area contributed by atoms with E-state index in [0.717, 1.165) is 16.7 Å². The van der Waals surface area contributed by atoms with E-state index in [-0.39, 0.29) is 6.61 Å². The van der Waals surface area contributed by atoms with Gasteiger partial charge in [-0.1, -0.05) is 13.8 Å². The normalized spacial score (nSPS) is 10.7. The van der Waals surface area contributed by atoms with Gasteiger partial charge in [-0.2, -0.15) is 0 Å². The number of hydrogen-bond donors (Lipinski definition) is 2. The minimum absolute atomic E-state index is 0.167. The van der Waals surface area contributed by atoms with E-state index in [1.54, 1.807) is 11.8 Å². The Morgan fingerprint density at radius 1 is 1.47 bits per heavy atom. The summed E-state index contributed by atoms with van der Waals surface area (Å²) in [5.41, 5.74) is 0. The molecule has 1 aromatic rings. The third-order valence-corrected chi connectivity index (χ3v) is 2.73. The number of thioether (sulfide) groups is 1. The summed E-state index contributed by atoms with van der Waals surface area (Å²) < 4.78 is 0. The Morgan fingerprint density at radius 3 is 2.73 bits per heavy atom. The quantitative estimate of drug-likeness (QED) is 0.592. The van der Waals surface area contributed by atoms with E-state index in [1.807, 2.05) is 13.1 Å². The first-order valence-electron chi connectivity index (χ1n) is 4.97. The van der Waals surface area contributed by atoms with Gasteiger partial charge in [0.1, 0.15) is 16.7 Å². The maximum absolute atomic E-state index is 8.75. The van der Waals surface area contributed by atoms with Crippen molar-refractivity contribution in [2.24, 2.45) is 0 Å². The molecule has 0 radical (unpaired) electrons. The molecule has 0 saturated heterocycles. The average Bonchev–Trinajstić information content (AvgIpc) is 2.25. The summed E-state index contributed by atoms with van der Waals surface area (Å²) >= 11 is 1.54. The van der Waals surface area contributed by atoms with Crippen LogP contribution in [-0.2, 0) is 0 Å². The smallest absolute Gasteiger partial charge is 0.134 e. The van der Waals surface area contributed by atoms with Gasteiger partial charge in [-0.25, -0.2) is 9.97 Å². The summed E-state index contributed by atoms with van der Waals surface area (Å²) in [5, 5.41) is 12.7. The van der Waals surface area contributed by atoms with Crippen molar-refractivity contribution in [2.75, 3.05) is 24.7 Å². The number of aliphatic hydroxyl groups is 1. The first-order chi connectivity index (χ1) is 7.17. The van der Waals surface area contributed by atoms with Crippen molar-refractivity contribution in [2.45, 2.75) is 24.8 Å². The Labute approximate surface area is 94.5 Å². The van der Waals surface area contributed by atoms with Gasteiger partial charge in [-0.3, -0.25) is 0 Å². The molecule has 1 rings (SSSR count). The molecule has 0 bridgehead atoms. The van der Waals surface area contributed by atoms with E-state index in [1.165, 1.54) is 0 Å². The third-order valence-electron chi connectivity index (χ3n) is 1.83. The molecular formula is C10H17N3OS. The molecule has 0 fully saturated rings. The fourth-order valence-electron chi connectivity index (χ4n) is 1.05. The Bertz CT molecular complexity index is 318. The highest BCUT2D eigenvalue weighted by Gasteiger charge is 2.07. The second kappa shape index (κ2) is 5.92. The van der Waals surface area contributed by atoms with Crippen molar-refractivity contribution in [1.29, 1.82) is 0 Å². The minimum atomic E-state index is 0.167. The van der Waals surface area contributed by atoms with Crippen LogP contribution in [0.5, 0.6) is 0 Å². The summed E-state index contributed by atoms with van der Waals surface area (Å²) in [6.07, 6.45) is 0. The first kappa shape index (κ1) is 12.3. The zero-order valence-electron chi connectivity index (χ0n) is 9.32. The minimum Gasteiger partial charge on any atom is -0.396 e. The summed E-state index contributed by atoms with van der Waals surface area (Å²) in [5.74, 6) is 2.64. The van der Waals surface area contributed by atoms with Gasteiger partial charge in [-0.05, 0) is 0 Å². The van der Waals surface area contributed by atoms with E-state index in [4.69, 9.17) is 5.11 Å². The lowest BCUT2D eigenvalue weighted by molar-refractivity contribution is 0.322. The number of aromatic nitrogens is 2. The standard InChI is InChI=1S/C10H17N3OS/c1-7(2)10-12-8(11-3)6-9(13-10)15-5-4-14/h6-7,14H,4-5H2,1-3H3,(H,11,12,13). The molecule has 0 aliphatic carbocycles. The number of nitrogens with zero attached hydrogens (tertiary/aromatic N) is 2. The largest absolute Gasteiger partial charge is 0.396 e. The maximum atomic E-state index is 8.75. The maximum Gasteiger partial charge on any atom is 0.134 e. The summed E-state index contributed by atoms with van der Waals surface area (Å²) in [4.78, 5) is 8.78. The molecule has 0 aliphatic rings. The van der Waals surface area contributed by atoms with Gasteiger partial charge >= 0.3 is 0 Å². The van der Waals surface area contributed by atoms with Crippen molar-refractivity contribution in [3.63, 3.8) is 0 Å². The molecule has 0 amide bonds. The average molecular weight is 227 g/mol. The van der Waals surface area contributed by atoms with E-state index in [2.05, 4.69) is 29.1 Å². The van der Waals surface area contributed by atoms with Crippen LogP contribution in [0.3, 0.4) is 0 Å². The third kappa shape index (κ3) is 3.68.